The minimum absolute atomic E-state index is 0.761. The van der Waals surface area contributed by atoms with Crippen molar-refractivity contribution in [1.82, 2.24) is 15.1 Å². The Labute approximate surface area is 106 Å². The number of piperidine rings is 1. The highest BCUT2D eigenvalue weighted by Gasteiger charge is 2.39. The van der Waals surface area contributed by atoms with Crippen molar-refractivity contribution in [3.05, 3.63) is 0 Å². The molecule has 3 fully saturated rings. The molecule has 0 spiro atoms. The molecule has 3 saturated heterocycles. The number of hydrogen-bond acceptors (Lipinski definition) is 3. The minimum Gasteiger partial charge on any atom is -0.313 e. The summed E-state index contributed by atoms with van der Waals surface area (Å²) in [5, 5.41) is 3.62. The summed E-state index contributed by atoms with van der Waals surface area (Å²) >= 11 is 0. The van der Waals surface area contributed by atoms with Gasteiger partial charge in [-0.25, -0.2) is 0 Å². The topological polar surface area (TPSA) is 18.5 Å². The van der Waals surface area contributed by atoms with Gasteiger partial charge in [0.2, 0.25) is 0 Å². The molecule has 1 N–H and O–H groups in total. The Bertz CT molecular complexity index is 248. The van der Waals surface area contributed by atoms with E-state index >= 15 is 0 Å². The van der Waals surface area contributed by atoms with E-state index in [1.807, 2.05) is 0 Å². The zero-order valence-electron chi connectivity index (χ0n) is 11.4. The van der Waals surface area contributed by atoms with Crippen molar-refractivity contribution < 1.29 is 0 Å². The van der Waals surface area contributed by atoms with Gasteiger partial charge < -0.3 is 15.1 Å². The second-order valence-electron chi connectivity index (χ2n) is 6.41. The Morgan fingerprint density at radius 1 is 1.18 bits per heavy atom. The van der Waals surface area contributed by atoms with Gasteiger partial charge in [0, 0.05) is 30.7 Å². The molecule has 0 amide bonds. The third kappa shape index (κ3) is 2.38. The van der Waals surface area contributed by atoms with Crippen LogP contribution in [0.25, 0.3) is 0 Å². The van der Waals surface area contributed by atoms with E-state index in [0.717, 1.165) is 24.2 Å². The van der Waals surface area contributed by atoms with Crippen molar-refractivity contribution in [2.24, 2.45) is 0 Å². The molecular weight excluding hydrogens is 210 g/mol. The van der Waals surface area contributed by atoms with Gasteiger partial charge in [-0.1, -0.05) is 0 Å². The van der Waals surface area contributed by atoms with Crippen molar-refractivity contribution in [2.75, 3.05) is 27.2 Å². The van der Waals surface area contributed by atoms with E-state index in [9.17, 15) is 0 Å². The van der Waals surface area contributed by atoms with E-state index in [1.54, 1.807) is 0 Å². The monoisotopic (exact) mass is 237 g/mol. The highest BCUT2D eigenvalue weighted by atomic mass is 15.2. The van der Waals surface area contributed by atoms with Crippen molar-refractivity contribution in [3.63, 3.8) is 0 Å². The largest absolute Gasteiger partial charge is 0.313 e. The zero-order valence-corrected chi connectivity index (χ0v) is 11.4. The van der Waals surface area contributed by atoms with Gasteiger partial charge >= 0.3 is 0 Å². The second-order valence-corrected chi connectivity index (χ2v) is 6.41. The molecule has 0 saturated carbocycles. The van der Waals surface area contributed by atoms with E-state index in [4.69, 9.17) is 0 Å². The van der Waals surface area contributed by atoms with Gasteiger partial charge in [-0.15, -0.1) is 0 Å². The van der Waals surface area contributed by atoms with Crippen LogP contribution in [-0.4, -0.2) is 61.2 Å². The normalized spacial score (nSPS) is 42.5. The Morgan fingerprint density at radius 2 is 1.88 bits per heavy atom. The Morgan fingerprint density at radius 3 is 2.47 bits per heavy atom. The van der Waals surface area contributed by atoms with Gasteiger partial charge in [0.05, 0.1) is 0 Å². The molecule has 3 heteroatoms. The lowest BCUT2D eigenvalue weighted by Crippen LogP contribution is -2.50. The van der Waals surface area contributed by atoms with Gasteiger partial charge in [-0.3, -0.25) is 0 Å². The fraction of sp³-hybridized carbons (Fsp3) is 1.00. The molecule has 3 heterocycles. The van der Waals surface area contributed by atoms with Crippen LogP contribution in [0.3, 0.4) is 0 Å². The van der Waals surface area contributed by atoms with Crippen LogP contribution >= 0.6 is 0 Å². The smallest absolute Gasteiger partial charge is 0.0195 e. The lowest BCUT2D eigenvalue weighted by Gasteiger charge is -2.41. The summed E-state index contributed by atoms with van der Waals surface area (Å²) < 4.78 is 0. The molecule has 98 valence electrons. The SMILES string of the molecule is CN(CC1CCCN1)C1CC2CCC(C1)N2C. The summed E-state index contributed by atoms with van der Waals surface area (Å²) in [5.74, 6) is 0. The Balaban J connectivity index is 1.54. The molecule has 0 aromatic heterocycles. The van der Waals surface area contributed by atoms with E-state index < -0.39 is 0 Å². The summed E-state index contributed by atoms with van der Waals surface area (Å²) in [7, 11) is 4.67. The first-order valence-electron chi connectivity index (χ1n) is 7.39. The van der Waals surface area contributed by atoms with Crippen molar-refractivity contribution in [1.29, 1.82) is 0 Å². The first kappa shape index (κ1) is 11.9. The predicted molar refractivity (Wildman–Crippen MR) is 71.2 cm³/mol. The van der Waals surface area contributed by atoms with E-state index in [0.29, 0.717) is 0 Å². The summed E-state index contributed by atoms with van der Waals surface area (Å²) in [4.78, 5) is 5.28. The van der Waals surface area contributed by atoms with Crippen LogP contribution in [0.1, 0.15) is 38.5 Å². The molecule has 3 aliphatic heterocycles. The standard InChI is InChI=1S/C14H27N3/c1-16(10-11-4-3-7-15-11)14-8-12-5-6-13(9-14)17(12)2/h11-15H,3-10H2,1-2H3. The molecule has 3 unspecified atom stereocenters. The van der Waals surface area contributed by atoms with Crippen LogP contribution < -0.4 is 5.32 Å². The summed E-state index contributed by atoms with van der Waals surface area (Å²) in [6, 6.07) is 3.35. The van der Waals surface area contributed by atoms with Crippen LogP contribution in [0.5, 0.6) is 0 Å². The number of nitrogens with one attached hydrogen (secondary N) is 1. The van der Waals surface area contributed by atoms with Crippen LogP contribution in [0.15, 0.2) is 0 Å². The van der Waals surface area contributed by atoms with Gasteiger partial charge in [0.15, 0.2) is 0 Å². The number of rotatable bonds is 3. The zero-order chi connectivity index (χ0) is 11.8. The third-order valence-corrected chi connectivity index (χ3v) is 5.37. The van der Waals surface area contributed by atoms with Gasteiger partial charge in [0.1, 0.15) is 0 Å². The van der Waals surface area contributed by atoms with E-state index in [-0.39, 0.29) is 0 Å². The maximum absolute atomic E-state index is 3.62. The summed E-state index contributed by atoms with van der Waals surface area (Å²) in [6.07, 6.45) is 8.42. The molecule has 0 aliphatic carbocycles. The number of likely N-dealkylation sites (N-methyl/N-ethyl adjacent to an activating group) is 1. The molecule has 3 nitrogen and oxygen atoms in total. The van der Waals surface area contributed by atoms with Crippen LogP contribution in [0, 0.1) is 0 Å². The van der Waals surface area contributed by atoms with Gasteiger partial charge in [-0.2, -0.15) is 0 Å². The van der Waals surface area contributed by atoms with E-state index in [1.165, 1.54) is 51.6 Å². The van der Waals surface area contributed by atoms with Crippen molar-refractivity contribution in [2.45, 2.75) is 62.7 Å². The summed E-state index contributed by atoms with van der Waals surface area (Å²) in [5.41, 5.74) is 0. The predicted octanol–water partition coefficient (Wildman–Crippen LogP) is 1.30. The number of hydrogen-bond donors (Lipinski definition) is 1. The molecule has 0 radical (unpaired) electrons. The van der Waals surface area contributed by atoms with Crippen LogP contribution in [0.4, 0.5) is 0 Å². The number of fused-ring (bicyclic) bond motifs is 2. The molecular formula is C14H27N3. The lowest BCUT2D eigenvalue weighted by molar-refractivity contribution is 0.0862. The quantitative estimate of drug-likeness (QED) is 0.798. The highest BCUT2D eigenvalue weighted by molar-refractivity contribution is 4.96. The molecule has 3 rings (SSSR count). The second kappa shape index (κ2) is 4.87. The Hall–Kier alpha value is -0.120. The van der Waals surface area contributed by atoms with Crippen molar-refractivity contribution in [3.8, 4) is 0 Å². The first-order chi connectivity index (χ1) is 8.24. The highest BCUT2D eigenvalue weighted by Crippen LogP contribution is 2.35. The molecule has 17 heavy (non-hydrogen) atoms. The summed E-state index contributed by atoms with van der Waals surface area (Å²) in [6.45, 7) is 2.49. The Kier molecular flexibility index (Phi) is 3.42. The van der Waals surface area contributed by atoms with Crippen LogP contribution in [-0.2, 0) is 0 Å². The maximum atomic E-state index is 3.62. The maximum Gasteiger partial charge on any atom is 0.0195 e. The third-order valence-electron chi connectivity index (χ3n) is 5.37. The van der Waals surface area contributed by atoms with Gasteiger partial charge in [0.25, 0.3) is 0 Å². The molecule has 0 aromatic carbocycles. The average Bonchev–Trinajstić information content (AvgIpc) is 2.86. The fourth-order valence-corrected chi connectivity index (χ4v) is 4.15. The number of nitrogens with zero attached hydrogens (tertiary/aromatic N) is 2. The van der Waals surface area contributed by atoms with Gasteiger partial charge in [-0.05, 0) is 59.2 Å². The molecule has 2 bridgehead atoms. The molecule has 3 atom stereocenters. The fourth-order valence-electron chi connectivity index (χ4n) is 4.15. The van der Waals surface area contributed by atoms with E-state index in [2.05, 4.69) is 29.2 Å². The average molecular weight is 237 g/mol. The van der Waals surface area contributed by atoms with Crippen molar-refractivity contribution >= 4 is 0 Å². The first-order valence-corrected chi connectivity index (χ1v) is 7.39. The minimum atomic E-state index is 0.761. The molecule has 0 aromatic rings. The van der Waals surface area contributed by atoms with Crippen LogP contribution in [0.2, 0.25) is 0 Å². The lowest BCUT2D eigenvalue weighted by atomic mass is 9.96. The molecule has 3 aliphatic rings.